The van der Waals surface area contributed by atoms with Crippen LogP contribution in [0.15, 0.2) is 28.7 Å². The van der Waals surface area contributed by atoms with Crippen molar-refractivity contribution in [3.8, 4) is 0 Å². The lowest BCUT2D eigenvalue weighted by molar-refractivity contribution is -0.152. The normalized spacial score (nSPS) is 23.3. The third-order valence-corrected chi connectivity index (χ3v) is 3.58. The van der Waals surface area contributed by atoms with Gasteiger partial charge in [0.15, 0.2) is 0 Å². The highest BCUT2D eigenvalue weighted by molar-refractivity contribution is 9.10. The molecule has 98 valence electrons. The summed E-state index contributed by atoms with van der Waals surface area (Å²) in [6.45, 7) is 4.62. The minimum Gasteiger partial charge on any atom is -0.463 e. The van der Waals surface area contributed by atoms with E-state index in [4.69, 9.17) is 4.74 Å². The zero-order chi connectivity index (χ0) is 13.1. The maximum Gasteiger partial charge on any atom is 0.311 e. The molecule has 1 aromatic rings. The average molecular weight is 312 g/mol. The van der Waals surface area contributed by atoms with Gasteiger partial charge in [0, 0.05) is 10.5 Å². The maximum absolute atomic E-state index is 12.1. The summed E-state index contributed by atoms with van der Waals surface area (Å²) in [5, 5.41) is 3.38. The van der Waals surface area contributed by atoms with Gasteiger partial charge in [-0.25, -0.2) is 0 Å². The Kier molecular flexibility index (Phi) is 4.40. The topological polar surface area (TPSA) is 38.3 Å². The molecule has 0 spiro atoms. The van der Waals surface area contributed by atoms with Crippen LogP contribution in [-0.4, -0.2) is 18.6 Å². The van der Waals surface area contributed by atoms with Gasteiger partial charge in [0.25, 0.3) is 0 Å². The fraction of sp³-hybridized carbons (Fsp3) is 0.500. The molecule has 1 aliphatic heterocycles. The predicted octanol–water partition coefficient (Wildman–Crippen LogP) is 3.05. The van der Waals surface area contributed by atoms with Crippen LogP contribution in [0.1, 0.15) is 31.9 Å². The minimum atomic E-state index is -0.0972. The van der Waals surface area contributed by atoms with E-state index >= 15 is 0 Å². The third-order valence-electron chi connectivity index (χ3n) is 3.08. The lowest BCUT2D eigenvalue weighted by Gasteiger charge is -2.20. The van der Waals surface area contributed by atoms with Gasteiger partial charge in [-0.1, -0.05) is 28.1 Å². The summed E-state index contributed by atoms with van der Waals surface area (Å²) in [5.41, 5.74) is 1.13. The van der Waals surface area contributed by atoms with Crippen LogP contribution in [0.5, 0.6) is 0 Å². The molecule has 1 unspecified atom stereocenters. The monoisotopic (exact) mass is 311 g/mol. The fourth-order valence-corrected chi connectivity index (χ4v) is 2.74. The summed E-state index contributed by atoms with van der Waals surface area (Å²) in [6, 6.07) is 8.14. The molecule has 1 heterocycles. The summed E-state index contributed by atoms with van der Waals surface area (Å²) in [4.78, 5) is 12.1. The number of benzene rings is 1. The van der Waals surface area contributed by atoms with Gasteiger partial charge in [-0.2, -0.15) is 0 Å². The second kappa shape index (κ2) is 5.85. The SMILES string of the molecule is CC(C)OC(=O)[C@@H]1CCNC1c1cccc(Br)c1. The highest BCUT2D eigenvalue weighted by Crippen LogP contribution is 2.32. The Labute approximate surface area is 116 Å². The van der Waals surface area contributed by atoms with Crippen LogP contribution < -0.4 is 5.32 Å². The molecule has 2 atom stereocenters. The number of carbonyl (C=O) groups excluding carboxylic acids is 1. The molecule has 0 saturated carbocycles. The first-order valence-electron chi connectivity index (χ1n) is 6.27. The number of hydrogen-bond acceptors (Lipinski definition) is 3. The molecule has 1 aliphatic rings. The standard InChI is InChI=1S/C14H18BrNO2/c1-9(2)18-14(17)12-6-7-16-13(12)10-4-3-5-11(15)8-10/h3-5,8-9,12-13,16H,6-7H2,1-2H3/t12-,13?/m1/s1. The molecule has 18 heavy (non-hydrogen) atoms. The zero-order valence-electron chi connectivity index (χ0n) is 10.7. The first-order valence-corrected chi connectivity index (χ1v) is 7.06. The van der Waals surface area contributed by atoms with Crippen molar-refractivity contribution in [3.05, 3.63) is 34.3 Å². The van der Waals surface area contributed by atoms with Gasteiger partial charge in [-0.3, -0.25) is 4.79 Å². The maximum atomic E-state index is 12.1. The minimum absolute atomic E-state index is 0.0544. The molecule has 1 N–H and O–H groups in total. The summed E-state index contributed by atoms with van der Waals surface area (Å²) in [5.74, 6) is -0.179. The molecule has 1 fully saturated rings. The van der Waals surface area contributed by atoms with E-state index in [9.17, 15) is 4.79 Å². The highest BCUT2D eigenvalue weighted by Gasteiger charge is 2.35. The zero-order valence-corrected chi connectivity index (χ0v) is 12.2. The van der Waals surface area contributed by atoms with Gasteiger partial charge in [-0.05, 0) is 44.5 Å². The molecule has 1 saturated heterocycles. The molecule has 0 aromatic heterocycles. The predicted molar refractivity (Wildman–Crippen MR) is 74.2 cm³/mol. The molecule has 0 aliphatic carbocycles. The first kappa shape index (κ1) is 13.6. The molecule has 0 bridgehead atoms. The van der Waals surface area contributed by atoms with Crippen LogP contribution in [0.3, 0.4) is 0 Å². The summed E-state index contributed by atoms with van der Waals surface area (Å²) < 4.78 is 6.36. The van der Waals surface area contributed by atoms with Crippen molar-refractivity contribution >= 4 is 21.9 Å². The van der Waals surface area contributed by atoms with E-state index in [2.05, 4.69) is 27.3 Å². The van der Waals surface area contributed by atoms with Gasteiger partial charge in [0.2, 0.25) is 0 Å². The number of ether oxygens (including phenoxy) is 1. The van der Waals surface area contributed by atoms with Crippen molar-refractivity contribution < 1.29 is 9.53 Å². The van der Waals surface area contributed by atoms with E-state index in [0.29, 0.717) is 0 Å². The second-order valence-corrected chi connectivity index (χ2v) is 5.78. The van der Waals surface area contributed by atoms with Crippen molar-refractivity contribution in [2.45, 2.75) is 32.4 Å². The van der Waals surface area contributed by atoms with Crippen LogP contribution in [0, 0.1) is 5.92 Å². The molecular formula is C14H18BrNO2. The Hall–Kier alpha value is -0.870. The lowest BCUT2D eigenvalue weighted by Crippen LogP contribution is -2.27. The summed E-state index contributed by atoms with van der Waals surface area (Å²) >= 11 is 3.46. The van der Waals surface area contributed by atoms with Crippen molar-refractivity contribution in [2.75, 3.05) is 6.54 Å². The van der Waals surface area contributed by atoms with Gasteiger partial charge in [0.1, 0.15) is 0 Å². The summed E-state index contributed by atoms with van der Waals surface area (Å²) in [7, 11) is 0. The second-order valence-electron chi connectivity index (χ2n) is 4.87. The lowest BCUT2D eigenvalue weighted by atomic mass is 9.94. The van der Waals surface area contributed by atoms with Gasteiger partial charge in [0.05, 0.1) is 12.0 Å². The van der Waals surface area contributed by atoms with Crippen LogP contribution in [-0.2, 0) is 9.53 Å². The number of halogens is 1. The number of esters is 1. The Morgan fingerprint density at radius 1 is 1.50 bits per heavy atom. The van der Waals surface area contributed by atoms with Crippen molar-refractivity contribution in [3.63, 3.8) is 0 Å². The molecule has 3 nitrogen and oxygen atoms in total. The Morgan fingerprint density at radius 3 is 2.94 bits per heavy atom. The van der Waals surface area contributed by atoms with Gasteiger partial charge >= 0.3 is 5.97 Å². The molecule has 0 radical (unpaired) electrons. The molecule has 0 amide bonds. The number of nitrogens with one attached hydrogen (secondary N) is 1. The average Bonchev–Trinajstić information content (AvgIpc) is 2.76. The molecule has 2 rings (SSSR count). The summed E-state index contributed by atoms with van der Waals surface area (Å²) in [6.07, 6.45) is 0.782. The third kappa shape index (κ3) is 3.12. The first-order chi connectivity index (χ1) is 8.58. The van der Waals surface area contributed by atoms with E-state index in [-0.39, 0.29) is 24.0 Å². The van der Waals surface area contributed by atoms with Crippen LogP contribution in [0.25, 0.3) is 0 Å². The van der Waals surface area contributed by atoms with E-state index in [1.165, 1.54) is 0 Å². The van der Waals surface area contributed by atoms with Crippen molar-refractivity contribution in [1.82, 2.24) is 5.32 Å². The molecular weight excluding hydrogens is 294 g/mol. The van der Waals surface area contributed by atoms with E-state index in [1.807, 2.05) is 32.0 Å². The van der Waals surface area contributed by atoms with Gasteiger partial charge < -0.3 is 10.1 Å². The number of carbonyl (C=O) groups is 1. The number of rotatable bonds is 3. The smallest absolute Gasteiger partial charge is 0.311 e. The highest BCUT2D eigenvalue weighted by atomic mass is 79.9. The largest absolute Gasteiger partial charge is 0.463 e. The Bertz CT molecular complexity index is 434. The van der Waals surface area contributed by atoms with E-state index in [1.54, 1.807) is 0 Å². The van der Waals surface area contributed by atoms with Crippen molar-refractivity contribution in [1.29, 1.82) is 0 Å². The quantitative estimate of drug-likeness (QED) is 0.872. The fourth-order valence-electron chi connectivity index (χ4n) is 2.33. The van der Waals surface area contributed by atoms with Crippen molar-refractivity contribution in [2.24, 2.45) is 5.92 Å². The van der Waals surface area contributed by atoms with Crippen LogP contribution in [0.4, 0.5) is 0 Å². The van der Waals surface area contributed by atoms with Gasteiger partial charge in [-0.15, -0.1) is 0 Å². The Morgan fingerprint density at radius 2 is 2.28 bits per heavy atom. The Balaban J connectivity index is 2.14. The van der Waals surface area contributed by atoms with Crippen LogP contribution in [0.2, 0.25) is 0 Å². The van der Waals surface area contributed by atoms with E-state index in [0.717, 1.165) is 23.0 Å². The van der Waals surface area contributed by atoms with E-state index < -0.39 is 0 Å². The molecule has 1 aromatic carbocycles. The van der Waals surface area contributed by atoms with Crippen LogP contribution >= 0.6 is 15.9 Å². The molecule has 4 heteroatoms. The number of hydrogen-bond donors (Lipinski definition) is 1.